The molecule has 108 valence electrons. The van der Waals surface area contributed by atoms with Crippen molar-refractivity contribution in [3.05, 3.63) is 11.9 Å². The molecule has 3 atom stereocenters. The highest BCUT2D eigenvalue weighted by molar-refractivity contribution is 8.07. The summed E-state index contributed by atoms with van der Waals surface area (Å²) in [6.45, 7) is 5.30. The number of nitrogens with one attached hydrogen (secondary N) is 1. The third-order valence-corrected chi connectivity index (χ3v) is 6.75. The number of thioether (sulfide) groups is 2. The van der Waals surface area contributed by atoms with E-state index in [0.29, 0.717) is 10.5 Å². The van der Waals surface area contributed by atoms with Gasteiger partial charge in [-0.15, -0.1) is 5.10 Å². The summed E-state index contributed by atoms with van der Waals surface area (Å²) >= 11 is 4.09. The molecule has 19 heavy (non-hydrogen) atoms. The van der Waals surface area contributed by atoms with Crippen molar-refractivity contribution in [1.82, 2.24) is 20.4 Å². The number of hydrogen-bond donors (Lipinski definition) is 2. The predicted octanol–water partition coefficient (Wildman–Crippen LogP) is 1.82. The second kappa shape index (κ2) is 7.52. The van der Waals surface area contributed by atoms with Crippen LogP contribution in [0.1, 0.15) is 38.4 Å². The van der Waals surface area contributed by atoms with Crippen LogP contribution in [0.25, 0.3) is 0 Å². The maximum Gasteiger partial charge on any atom is 0.0781 e. The summed E-state index contributed by atoms with van der Waals surface area (Å²) in [7, 11) is 0. The Labute approximate surface area is 123 Å². The van der Waals surface area contributed by atoms with E-state index in [9.17, 15) is 0 Å². The number of rotatable bonds is 6. The number of nitrogens with two attached hydrogens (primary N) is 1. The van der Waals surface area contributed by atoms with Crippen molar-refractivity contribution in [2.45, 2.75) is 49.8 Å². The Kier molecular flexibility index (Phi) is 6.00. The fourth-order valence-corrected chi connectivity index (χ4v) is 5.70. The molecule has 0 radical (unpaired) electrons. The number of hydrogen-bond acceptors (Lipinski definition) is 6. The standard InChI is InChI=1S/C12H23N5S2/c1-3-5-17-9(8-14-16-17)11(15-13)12-10(4-2)18-6-7-19-12/h8,10-12,15H,3-7,13H2,1-2H3. The van der Waals surface area contributed by atoms with Crippen LogP contribution in [0.4, 0.5) is 0 Å². The van der Waals surface area contributed by atoms with Crippen LogP contribution in [0.5, 0.6) is 0 Å². The molecule has 0 aliphatic carbocycles. The van der Waals surface area contributed by atoms with Gasteiger partial charge in [0.05, 0.1) is 17.9 Å². The fraction of sp³-hybridized carbons (Fsp3) is 0.833. The van der Waals surface area contributed by atoms with Crippen molar-refractivity contribution in [3.8, 4) is 0 Å². The molecule has 3 unspecified atom stereocenters. The zero-order chi connectivity index (χ0) is 13.7. The second-order valence-corrected chi connectivity index (χ2v) is 7.31. The summed E-state index contributed by atoms with van der Waals surface area (Å²) in [6.07, 6.45) is 4.08. The summed E-state index contributed by atoms with van der Waals surface area (Å²) in [4.78, 5) is 0. The minimum absolute atomic E-state index is 0.129. The first kappa shape index (κ1) is 15.2. The molecule has 1 aliphatic rings. The van der Waals surface area contributed by atoms with Gasteiger partial charge >= 0.3 is 0 Å². The molecule has 1 aromatic rings. The number of aromatic nitrogens is 3. The van der Waals surface area contributed by atoms with Crippen molar-refractivity contribution in [1.29, 1.82) is 0 Å². The number of hydrazine groups is 1. The van der Waals surface area contributed by atoms with E-state index in [1.807, 2.05) is 22.6 Å². The summed E-state index contributed by atoms with van der Waals surface area (Å²) < 4.78 is 1.98. The Morgan fingerprint density at radius 1 is 1.47 bits per heavy atom. The molecule has 1 aliphatic heterocycles. The number of aryl methyl sites for hydroxylation is 1. The second-order valence-electron chi connectivity index (χ2n) is 4.68. The van der Waals surface area contributed by atoms with Gasteiger partial charge in [0.2, 0.25) is 0 Å². The molecule has 7 heteroatoms. The van der Waals surface area contributed by atoms with Gasteiger partial charge in [0.1, 0.15) is 0 Å². The minimum Gasteiger partial charge on any atom is -0.271 e. The topological polar surface area (TPSA) is 68.8 Å². The smallest absolute Gasteiger partial charge is 0.0781 e. The fourth-order valence-electron chi connectivity index (χ4n) is 2.49. The molecule has 0 aromatic carbocycles. The average Bonchev–Trinajstić information content (AvgIpc) is 2.89. The van der Waals surface area contributed by atoms with Crippen LogP contribution >= 0.6 is 23.5 Å². The lowest BCUT2D eigenvalue weighted by Gasteiger charge is -2.35. The van der Waals surface area contributed by atoms with E-state index in [0.717, 1.165) is 18.7 Å². The van der Waals surface area contributed by atoms with Crippen molar-refractivity contribution in [3.63, 3.8) is 0 Å². The lowest BCUT2D eigenvalue weighted by molar-refractivity contribution is 0.455. The van der Waals surface area contributed by atoms with Crippen LogP contribution in [0, 0.1) is 0 Å². The van der Waals surface area contributed by atoms with E-state index in [-0.39, 0.29) is 6.04 Å². The van der Waals surface area contributed by atoms with Gasteiger partial charge in [-0.1, -0.05) is 19.1 Å². The van der Waals surface area contributed by atoms with Gasteiger partial charge in [-0.05, 0) is 12.8 Å². The van der Waals surface area contributed by atoms with E-state index in [2.05, 4.69) is 41.3 Å². The molecule has 1 aromatic heterocycles. The summed E-state index contributed by atoms with van der Waals surface area (Å²) in [5.41, 5.74) is 4.12. The van der Waals surface area contributed by atoms with Gasteiger partial charge in [0, 0.05) is 28.6 Å². The molecule has 0 spiro atoms. The highest BCUT2D eigenvalue weighted by atomic mass is 32.2. The molecule has 1 saturated heterocycles. The van der Waals surface area contributed by atoms with E-state index < -0.39 is 0 Å². The molecular formula is C12H23N5S2. The van der Waals surface area contributed by atoms with Gasteiger partial charge in [0.25, 0.3) is 0 Å². The summed E-state index contributed by atoms with van der Waals surface area (Å²) in [6, 6.07) is 0.129. The van der Waals surface area contributed by atoms with Gasteiger partial charge in [-0.2, -0.15) is 23.5 Å². The third-order valence-electron chi connectivity index (χ3n) is 3.40. The average molecular weight is 301 g/mol. The highest BCUT2D eigenvalue weighted by Gasteiger charge is 2.34. The third kappa shape index (κ3) is 3.45. The molecular weight excluding hydrogens is 278 g/mol. The maximum atomic E-state index is 5.84. The van der Waals surface area contributed by atoms with Crippen molar-refractivity contribution in [2.24, 2.45) is 5.84 Å². The van der Waals surface area contributed by atoms with Crippen molar-refractivity contribution in [2.75, 3.05) is 11.5 Å². The lowest BCUT2D eigenvalue weighted by atomic mass is 10.1. The zero-order valence-corrected chi connectivity index (χ0v) is 13.2. The summed E-state index contributed by atoms with van der Waals surface area (Å²) in [5, 5.41) is 9.36. The Hall–Kier alpha value is -0.240. The molecule has 1 fully saturated rings. The Morgan fingerprint density at radius 2 is 2.26 bits per heavy atom. The Balaban J connectivity index is 2.19. The van der Waals surface area contributed by atoms with E-state index >= 15 is 0 Å². The highest BCUT2D eigenvalue weighted by Crippen LogP contribution is 2.39. The molecule has 0 saturated carbocycles. The van der Waals surface area contributed by atoms with Crippen molar-refractivity contribution < 1.29 is 0 Å². The maximum absolute atomic E-state index is 5.84. The van der Waals surface area contributed by atoms with Crippen LogP contribution in [-0.2, 0) is 6.54 Å². The van der Waals surface area contributed by atoms with Gasteiger partial charge in [-0.25, -0.2) is 4.68 Å². The van der Waals surface area contributed by atoms with Crippen LogP contribution in [0.3, 0.4) is 0 Å². The monoisotopic (exact) mass is 301 g/mol. The van der Waals surface area contributed by atoms with E-state index in [1.165, 1.54) is 17.9 Å². The van der Waals surface area contributed by atoms with E-state index in [1.54, 1.807) is 0 Å². The molecule has 5 nitrogen and oxygen atoms in total. The molecule has 2 heterocycles. The van der Waals surface area contributed by atoms with Gasteiger partial charge in [0.15, 0.2) is 0 Å². The minimum atomic E-state index is 0.129. The van der Waals surface area contributed by atoms with Crippen LogP contribution in [0.15, 0.2) is 6.20 Å². The molecule has 3 N–H and O–H groups in total. The molecule has 0 bridgehead atoms. The zero-order valence-electron chi connectivity index (χ0n) is 11.6. The first-order valence-corrected chi connectivity index (χ1v) is 8.99. The predicted molar refractivity (Wildman–Crippen MR) is 83.2 cm³/mol. The quantitative estimate of drug-likeness (QED) is 0.617. The van der Waals surface area contributed by atoms with E-state index in [4.69, 9.17) is 5.84 Å². The Bertz CT molecular complexity index is 384. The Morgan fingerprint density at radius 3 is 2.95 bits per heavy atom. The van der Waals surface area contributed by atoms with Crippen LogP contribution in [0.2, 0.25) is 0 Å². The normalized spacial score (nSPS) is 25.4. The largest absolute Gasteiger partial charge is 0.271 e. The van der Waals surface area contributed by atoms with Gasteiger partial charge in [-0.3, -0.25) is 11.3 Å². The summed E-state index contributed by atoms with van der Waals surface area (Å²) in [5.74, 6) is 8.27. The first-order valence-electron chi connectivity index (χ1n) is 6.89. The van der Waals surface area contributed by atoms with Crippen LogP contribution < -0.4 is 11.3 Å². The van der Waals surface area contributed by atoms with Crippen molar-refractivity contribution >= 4 is 23.5 Å². The molecule has 0 amide bonds. The van der Waals surface area contributed by atoms with Gasteiger partial charge < -0.3 is 0 Å². The first-order chi connectivity index (χ1) is 9.31. The SMILES string of the molecule is CCCn1nncc1C(NN)C1SCCSC1CC. The number of nitrogens with zero attached hydrogens (tertiary/aromatic N) is 3. The molecule has 2 rings (SSSR count). The lowest BCUT2D eigenvalue weighted by Crippen LogP contribution is -2.42. The van der Waals surface area contributed by atoms with Crippen LogP contribution in [-0.4, -0.2) is 37.0 Å².